The third-order valence-electron chi connectivity index (χ3n) is 3.64. The fourth-order valence-electron chi connectivity index (χ4n) is 2.27. The molecule has 0 saturated carbocycles. The second-order valence-electron chi connectivity index (χ2n) is 5.53. The molecule has 0 fully saturated rings. The molecule has 0 aromatic heterocycles. The maximum atomic E-state index is 13.0. The summed E-state index contributed by atoms with van der Waals surface area (Å²) in [6, 6.07) is 8.07. The van der Waals surface area contributed by atoms with Crippen molar-refractivity contribution in [3.8, 4) is 6.07 Å². The summed E-state index contributed by atoms with van der Waals surface area (Å²) in [5, 5.41) is 11.0. The third-order valence-corrected chi connectivity index (χ3v) is 3.64. The molecule has 0 aliphatic carbocycles. The van der Waals surface area contributed by atoms with E-state index in [-0.39, 0.29) is 5.56 Å². The minimum Gasteiger partial charge on any atom is -0.324 e. The first kappa shape index (κ1) is 21.0. The number of rotatable bonds is 4. The molecule has 4 nitrogen and oxygen atoms in total. The summed E-state index contributed by atoms with van der Waals surface area (Å²) >= 11 is 0. The molecule has 0 aliphatic heterocycles. The van der Waals surface area contributed by atoms with Crippen molar-refractivity contribution >= 4 is 17.4 Å². The Balaban J connectivity index is 2.25. The van der Waals surface area contributed by atoms with E-state index in [4.69, 9.17) is 5.26 Å². The Labute approximate surface area is 154 Å². The lowest BCUT2D eigenvalue weighted by Crippen LogP contribution is -2.29. The van der Waals surface area contributed by atoms with Crippen molar-refractivity contribution in [1.29, 1.82) is 5.26 Å². The van der Waals surface area contributed by atoms with E-state index in [1.165, 1.54) is 12.1 Å². The summed E-state index contributed by atoms with van der Waals surface area (Å²) in [6.45, 7) is 0. The van der Waals surface area contributed by atoms with E-state index in [0.717, 1.165) is 24.3 Å². The Hall–Kier alpha value is -3.35. The normalized spacial score (nSPS) is 12.8. The third kappa shape index (κ3) is 4.68. The predicted octanol–water partition coefficient (Wildman–Crippen LogP) is 4.69. The van der Waals surface area contributed by atoms with Gasteiger partial charge in [0.25, 0.3) is 0 Å². The second kappa shape index (κ2) is 7.72. The number of alkyl halides is 6. The molecule has 0 heterocycles. The zero-order chi connectivity index (χ0) is 21.1. The highest BCUT2D eigenvalue weighted by molar-refractivity contribution is 6.15. The van der Waals surface area contributed by atoms with Crippen LogP contribution in [0.4, 0.5) is 32.0 Å². The van der Waals surface area contributed by atoms with Crippen molar-refractivity contribution < 1.29 is 35.9 Å². The molecular weight excluding hydrogens is 390 g/mol. The maximum absolute atomic E-state index is 13.0. The minimum atomic E-state index is -4.79. The topological polar surface area (TPSA) is 70.0 Å². The lowest BCUT2D eigenvalue weighted by atomic mass is 9.97. The van der Waals surface area contributed by atoms with Crippen LogP contribution in [0.2, 0.25) is 0 Å². The van der Waals surface area contributed by atoms with Crippen LogP contribution in [0, 0.1) is 17.2 Å². The first-order valence-electron chi connectivity index (χ1n) is 7.53. The SMILES string of the molecule is N#CC(C(=O)Nc1ccccc1C(F)(F)F)C(=O)c1ccc(C(F)(F)F)cc1. The van der Waals surface area contributed by atoms with Crippen molar-refractivity contribution in [1.82, 2.24) is 0 Å². The van der Waals surface area contributed by atoms with Gasteiger partial charge in [0.1, 0.15) is 0 Å². The fourth-order valence-corrected chi connectivity index (χ4v) is 2.27. The maximum Gasteiger partial charge on any atom is 0.418 e. The highest BCUT2D eigenvalue weighted by Gasteiger charge is 2.35. The number of anilines is 1. The molecule has 2 aromatic carbocycles. The van der Waals surface area contributed by atoms with E-state index in [1.54, 1.807) is 0 Å². The van der Waals surface area contributed by atoms with Crippen molar-refractivity contribution in [3.05, 3.63) is 65.2 Å². The van der Waals surface area contributed by atoms with E-state index in [0.29, 0.717) is 18.2 Å². The summed E-state index contributed by atoms with van der Waals surface area (Å²) in [5.74, 6) is -4.51. The molecule has 1 amide bonds. The zero-order valence-corrected chi connectivity index (χ0v) is 13.7. The van der Waals surface area contributed by atoms with Crippen LogP contribution >= 0.6 is 0 Å². The number of carbonyl (C=O) groups excluding carboxylic acids is 2. The van der Waals surface area contributed by atoms with Gasteiger partial charge in [0.05, 0.1) is 22.9 Å². The van der Waals surface area contributed by atoms with E-state index in [2.05, 4.69) is 0 Å². The number of nitrogens with one attached hydrogen (secondary N) is 1. The quantitative estimate of drug-likeness (QED) is 0.460. The van der Waals surface area contributed by atoms with Crippen molar-refractivity contribution in [2.24, 2.45) is 5.92 Å². The van der Waals surface area contributed by atoms with Crippen LogP contribution in [0.5, 0.6) is 0 Å². The molecule has 146 valence electrons. The van der Waals surface area contributed by atoms with Gasteiger partial charge in [-0.15, -0.1) is 0 Å². The first-order valence-corrected chi connectivity index (χ1v) is 7.53. The largest absolute Gasteiger partial charge is 0.418 e. The second-order valence-corrected chi connectivity index (χ2v) is 5.53. The summed E-state index contributed by atoms with van der Waals surface area (Å²) in [7, 11) is 0. The number of amides is 1. The van der Waals surface area contributed by atoms with Crippen LogP contribution in [0.25, 0.3) is 0 Å². The van der Waals surface area contributed by atoms with E-state index in [9.17, 15) is 35.9 Å². The minimum absolute atomic E-state index is 0.362. The van der Waals surface area contributed by atoms with Gasteiger partial charge in [-0.2, -0.15) is 31.6 Å². The Morgan fingerprint density at radius 3 is 1.96 bits per heavy atom. The smallest absolute Gasteiger partial charge is 0.324 e. The fraction of sp³-hybridized carbons (Fsp3) is 0.167. The number of nitrogens with zero attached hydrogens (tertiary/aromatic N) is 1. The average Bonchev–Trinajstić information content (AvgIpc) is 2.61. The number of hydrogen-bond donors (Lipinski definition) is 1. The number of benzene rings is 2. The predicted molar refractivity (Wildman–Crippen MR) is 85.0 cm³/mol. The van der Waals surface area contributed by atoms with Crippen LogP contribution in [-0.4, -0.2) is 11.7 Å². The van der Waals surface area contributed by atoms with E-state index in [1.807, 2.05) is 5.32 Å². The molecule has 1 unspecified atom stereocenters. The molecule has 28 heavy (non-hydrogen) atoms. The van der Waals surface area contributed by atoms with Gasteiger partial charge in [-0.05, 0) is 24.3 Å². The van der Waals surface area contributed by atoms with Gasteiger partial charge in [-0.3, -0.25) is 9.59 Å². The molecule has 0 radical (unpaired) electrons. The molecular formula is C18H10F6N2O2. The highest BCUT2D eigenvalue weighted by Crippen LogP contribution is 2.35. The number of hydrogen-bond acceptors (Lipinski definition) is 3. The summed E-state index contributed by atoms with van der Waals surface area (Å²) in [6.07, 6.45) is -9.43. The number of nitriles is 1. The van der Waals surface area contributed by atoms with Crippen molar-refractivity contribution in [2.75, 3.05) is 5.32 Å². The van der Waals surface area contributed by atoms with Crippen LogP contribution in [0.3, 0.4) is 0 Å². The van der Waals surface area contributed by atoms with Gasteiger partial charge in [-0.25, -0.2) is 0 Å². The van der Waals surface area contributed by atoms with Crippen LogP contribution in [0.15, 0.2) is 48.5 Å². The molecule has 0 bridgehead atoms. The molecule has 0 aliphatic rings. The monoisotopic (exact) mass is 400 g/mol. The van der Waals surface area contributed by atoms with Gasteiger partial charge in [0, 0.05) is 5.56 Å². The summed E-state index contributed by atoms with van der Waals surface area (Å²) in [5.41, 5.74) is -3.23. The molecule has 0 spiro atoms. The van der Waals surface area contributed by atoms with E-state index >= 15 is 0 Å². The number of para-hydroxylation sites is 1. The standard InChI is InChI=1S/C18H10F6N2O2/c19-17(20,21)11-7-5-10(6-8-11)15(27)12(9-25)16(28)26-14-4-2-1-3-13(14)18(22,23)24/h1-8,12H,(H,26,28). The zero-order valence-electron chi connectivity index (χ0n) is 13.7. The lowest BCUT2D eigenvalue weighted by Gasteiger charge is -2.15. The Bertz CT molecular complexity index is 927. The van der Waals surface area contributed by atoms with Gasteiger partial charge < -0.3 is 5.32 Å². The Morgan fingerprint density at radius 2 is 1.46 bits per heavy atom. The first-order chi connectivity index (χ1) is 12.9. The number of carbonyl (C=O) groups is 2. The highest BCUT2D eigenvalue weighted by atomic mass is 19.4. The molecule has 10 heteroatoms. The van der Waals surface area contributed by atoms with E-state index < -0.39 is 46.8 Å². The number of ketones is 1. The molecule has 0 saturated heterocycles. The van der Waals surface area contributed by atoms with Gasteiger partial charge in [0.2, 0.25) is 5.91 Å². The van der Waals surface area contributed by atoms with Crippen molar-refractivity contribution in [2.45, 2.75) is 12.4 Å². The lowest BCUT2D eigenvalue weighted by molar-refractivity contribution is -0.138. The number of halogens is 6. The summed E-state index contributed by atoms with van der Waals surface area (Å²) < 4.78 is 76.6. The molecule has 2 aromatic rings. The van der Waals surface area contributed by atoms with Gasteiger partial charge >= 0.3 is 12.4 Å². The average molecular weight is 400 g/mol. The molecule has 2 rings (SSSR count). The Kier molecular flexibility index (Phi) is 5.78. The molecule has 1 atom stereocenters. The van der Waals surface area contributed by atoms with Crippen LogP contribution in [-0.2, 0) is 17.1 Å². The van der Waals surface area contributed by atoms with Gasteiger partial charge in [-0.1, -0.05) is 24.3 Å². The van der Waals surface area contributed by atoms with Crippen LogP contribution in [0.1, 0.15) is 21.5 Å². The summed E-state index contributed by atoms with van der Waals surface area (Å²) in [4.78, 5) is 24.4. The van der Waals surface area contributed by atoms with Crippen LogP contribution < -0.4 is 5.32 Å². The molecule has 1 N–H and O–H groups in total. The Morgan fingerprint density at radius 1 is 0.893 bits per heavy atom. The van der Waals surface area contributed by atoms with Gasteiger partial charge in [0.15, 0.2) is 11.7 Å². The van der Waals surface area contributed by atoms with Crippen molar-refractivity contribution in [3.63, 3.8) is 0 Å². The number of Topliss-reactive ketones (excluding diaryl/α,β-unsaturated/α-hetero) is 1.